The maximum absolute atomic E-state index is 12.9. The zero-order valence-electron chi connectivity index (χ0n) is 25.2. The van der Waals surface area contributed by atoms with E-state index in [1.165, 1.54) is 18.1 Å². The number of aliphatic hydroxyl groups excluding tert-OH is 2. The second-order valence-corrected chi connectivity index (χ2v) is 15.1. The van der Waals surface area contributed by atoms with Gasteiger partial charge in [0.2, 0.25) is 0 Å². The number of hydrogen-bond donors (Lipinski definition) is 3. The highest BCUT2D eigenvalue weighted by atomic mass is 16.6. The van der Waals surface area contributed by atoms with Gasteiger partial charge in [0.1, 0.15) is 5.78 Å². The Morgan fingerprint density at radius 1 is 1.11 bits per heavy atom. The summed E-state index contributed by atoms with van der Waals surface area (Å²) in [5.74, 6) is 0.305. The van der Waals surface area contributed by atoms with Gasteiger partial charge in [0.25, 0.3) is 0 Å². The first-order valence-corrected chi connectivity index (χ1v) is 14.8. The van der Waals surface area contributed by atoms with Crippen LogP contribution in [0.15, 0.2) is 11.1 Å². The number of allylic oxidation sites excluding steroid dienone is 1. The average Bonchev–Trinajstić information content (AvgIpc) is 3.12. The summed E-state index contributed by atoms with van der Waals surface area (Å²) in [6.45, 7) is 17.9. The molecule has 38 heavy (non-hydrogen) atoms. The number of carbonyl (C=O) groups is 2. The minimum atomic E-state index is -1.36. The molecule has 4 rings (SSSR count). The number of esters is 1. The summed E-state index contributed by atoms with van der Waals surface area (Å²) >= 11 is 0. The molecule has 6 nitrogen and oxygen atoms in total. The van der Waals surface area contributed by atoms with Gasteiger partial charge in [-0.2, -0.15) is 0 Å². The van der Waals surface area contributed by atoms with Crippen molar-refractivity contribution in [1.82, 2.24) is 0 Å². The van der Waals surface area contributed by atoms with E-state index in [-0.39, 0.29) is 39.4 Å². The summed E-state index contributed by atoms with van der Waals surface area (Å²) in [7, 11) is 0. The second-order valence-electron chi connectivity index (χ2n) is 15.1. The SMILES string of the molecule is CC(=O)O[C@H]([C@@H](O)C[C@@H](C)C1=C2C[C@H](O)[C@H]3[C@@]4(C)CCC(=O)C(C)(C)[C@H]4CC[C@]3(C)[C@@]2(C)CC1)C(C)(C)O. The largest absolute Gasteiger partial charge is 0.457 e. The van der Waals surface area contributed by atoms with Gasteiger partial charge in [-0.15, -0.1) is 0 Å². The summed E-state index contributed by atoms with van der Waals surface area (Å²) in [4.78, 5) is 24.6. The van der Waals surface area contributed by atoms with Crippen molar-refractivity contribution in [3.8, 4) is 0 Å². The van der Waals surface area contributed by atoms with Crippen molar-refractivity contribution < 1.29 is 29.6 Å². The summed E-state index contributed by atoms with van der Waals surface area (Å²) in [5, 5.41) is 33.5. The van der Waals surface area contributed by atoms with Crippen LogP contribution in [0.3, 0.4) is 0 Å². The van der Waals surface area contributed by atoms with Gasteiger partial charge in [0.15, 0.2) is 6.10 Å². The number of hydrogen-bond acceptors (Lipinski definition) is 6. The number of fused-ring (bicyclic) bond motifs is 5. The Kier molecular flexibility index (Phi) is 7.36. The van der Waals surface area contributed by atoms with Crippen LogP contribution in [0.2, 0.25) is 0 Å². The average molecular weight is 533 g/mol. The van der Waals surface area contributed by atoms with Gasteiger partial charge in [0, 0.05) is 18.8 Å². The first kappa shape index (κ1) is 29.7. The molecule has 4 aliphatic rings. The molecular weight excluding hydrogens is 480 g/mol. The highest BCUT2D eigenvalue weighted by Gasteiger charge is 2.69. The Balaban J connectivity index is 1.66. The smallest absolute Gasteiger partial charge is 0.303 e. The fourth-order valence-electron chi connectivity index (χ4n) is 10.2. The quantitative estimate of drug-likeness (QED) is 0.314. The van der Waals surface area contributed by atoms with Crippen molar-refractivity contribution >= 4 is 11.8 Å². The second kappa shape index (κ2) is 9.41. The third kappa shape index (κ3) is 4.32. The van der Waals surface area contributed by atoms with E-state index >= 15 is 0 Å². The van der Waals surface area contributed by atoms with E-state index in [4.69, 9.17) is 4.74 Å². The maximum atomic E-state index is 12.9. The minimum Gasteiger partial charge on any atom is -0.457 e. The molecule has 0 bridgehead atoms. The van der Waals surface area contributed by atoms with Crippen LogP contribution in [-0.2, 0) is 14.3 Å². The molecule has 6 heteroatoms. The molecule has 0 aromatic carbocycles. The number of rotatable bonds is 6. The fourth-order valence-corrected chi connectivity index (χ4v) is 10.2. The Bertz CT molecular complexity index is 1010. The number of ketones is 1. The van der Waals surface area contributed by atoms with Gasteiger partial charge in [-0.3, -0.25) is 9.59 Å². The van der Waals surface area contributed by atoms with Crippen LogP contribution in [0.25, 0.3) is 0 Å². The van der Waals surface area contributed by atoms with Gasteiger partial charge < -0.3 is 20.1 Å². The summed E-state index contributed by atoms with van der Waals surface area (Å²) in [6.07, 6.45) is 3.98. The predicted octanol–water partition coefficient (Wildman–Crippen LogP) is 5.37. The molecule has 0 heterocycles. The molecule has 0 unspecified atom stereocenters. The molecule has 0 saturated heterocycles. The van der Waals surface area contributed by atoms with Crippen molar-refractivity contribution in [2.75, 3.05) is 0 Å². The fraction of sp³-hybridized carbons (Fsp3) is 0.875. The van der Waals surface area contributed by atoms with Crippen LogP contribution < -0.4 is 0 Å². The van der Waals surface area contributed by atoms with Crippen molar-refractivity contribution in [3.63, 3.8) is 0 Å². The molecule has 0 amide bonds. The van der Waals surface area contributed by atoms with Crippen LogP contribution in [0.5, 0.6) is 0 Å². The molecule has 216 valence electrons. The first-order valence-electron chi connectivity index (χ1n) is 14.8. The van der Waals surface area contributed by atoms with Crippen molar-refractivity contribution in [2.24, 2.45) is 39.4 Å². The predicted molar refractivity (Wildman–Crippen MR) is 147 cm³/mol. The standard InChI is InChI=1S/C32H52O6/c1-18(16-23(35)27(29(5,6)37)38-19(2)33)20-10-14-31(8)21(20)17-22(34)26-30(7)13-12-25(36)28(3,4)24(30)11-15-32(26,31)9/h18,22-24,26-27,34-35,37H,10-17H2,1-9H3/t18-,22+,23+,24-,26+,27-,30+,31+,32+/m1/s1. The topological polar surface area (TPSA) is 104 Å². The van der Waals surface area contributed by atoms with Gasteiger partial charge in [-0.25, -0.2) is 0 Å². The molecule has 9 atom stereocenters. The van der Waals surface area contributed by atoms with E-state index in [9.17, 15) is 24.9 Å². The minimum absolute atomic E-state index is 0.0349. The van der Waals surface area contributed by atoms with E-state index in [1.807, 2.05) is 0 Å². The first-order chi connectivity index (χ1) is 17.3. The number of ether oxygens (including phenoxy) is 1. The molecule has 3 fully saturated rings. The van der Waals surface area contributed by atoms with Crippen molar-refractivity contribution in [3.05, 3.63) is 11.1 Å². The Hall–Kier alpha value is -1.24. The molecule has 0 spiro atoms. The molecule has 0 aromatic rings. The zero-order chi connectivity index (χ0) is 28.6. The lowest BCUT2D eigenvalue weighted by Gasteiger charge is -2.69. The van der Waals surface area contributed by atoms with E-state index in [2.05, 4.69) is 41.5 Å². The molecule has 0 aromatic heterocycles. The highest BCUT2D eigenvalue weighted by molar-refractivity contribution is 5.85. The van der Waals surface area contributed by atoms with Crippen LogP contribution in [0, 0.1) is 39.4 Å². The van der Waals surface area contributed by atoms with Crippen LogP contribution in [0.4, 0.5) is 0 Å². The van der Waals surface area contributed by atoms with Crippen molar-refractivity contribution in [1.29, 1.82) is 0 Å². The number of Topliss-reactive ketones (excluding diaryl/α,β-unsaturated/α-hetero) is 1. The van der Waals surface area contributed by atoms with Gasteiger partial charge >= 0.3 is 5.97 Å². The van der Waals surface area contributed by atoms with E-state index in [0.717, 1.165) is 32.1 Å². The number of carbonyl (C=O) groups excluding carboxylic acids is 2. The summed E-state index contributed by atoms with van der Waals surface area (Å²) < 4.78 is 5.34. The Morgan fingerprint density at radius 3 is 2.32 bits per heavy atom. The third-order valence-corrected chi connectivity index (χ3v) is 12.2. The van der Waals surface area contributed by atoms with E-state index < -0.39 is 29.9 Å². The molecule has 3 saturated carbocycles. The normalized spacial score (nSPS) is 41.1. The van der Waals surface area contributed by atoms with E-state index in [0.29, 0.717) is 25.0 Å². The lowest BCUT2D eigenvalue weighted by molar-refractivity contribution is -0.208. The lowest BCUT2D eigenvalue weighted by Crippen LogP contribution is -2.65. The van der Waals surface area contributed by atoms with Crippen LogP contribution in [-0.4, -0.2) is 51.0 Å². The highest BCUT2D eigenvalue weighted by Crippen LogP contribution is 2.74. The Morgan fingerprint density at radius 2 is 1.74 bits per heavy atom. The van der Waals surface area contributed by atoms with Gasteiger partial charge in [-0.05, 0) is 92.8 Å². The zero-order valence-corrected chi connectivity index (χ0v) is 25.2. The monoisotopic (exact) mass is 532 g/mol. The van der Waals surface area contributed by atoms with E-state index in [1.54, 1.807) is 13.8 Å². The number of aliphatic hydroxyl groups is 3. The van der Waals surface area contributed by atoms with Gasteiger partial charge in [0.05, 0.1) is 17.8 Å². The van der Waals surface area contributed by atoms with Crippen molar-refractivity contribution in [2.45, 2.75) is 138 Å². The molecular formula is C32H52O6. The van der Waals surface area contributed by atoms with Crippen LogP contribution in [0.1, 0.15) is 114 Å². The Labute approximate surface area is 229 Å². The summed E-state index contributed by atoms with van der Waals surface area (Å²) in [6, 6.07) is 0. The maximum Gasteiger partial charge on any atom is 0.303 e. The molecule has 0 radical (unpaired) electrons. The van der Waals surface area contributed by atoms with Crippen LogP contribution >= 0.6 is 0 Å². The molecule has 0 aliphatic heterocycles. The molecule has 3 N–H and O–H groups in total. The molecule has 4 aliphatic carbocycles. The lowest BCUT2D eigenvalue weighted by atomic mass is 9.36. The third-order valence-electron chi connectivity index (χ3n) is 12.2. The summed E-state index contributed by atoms with van der Waals surface area (Å²) in [5.41, 5.74) is 0.754. The van der Waals surface area contributed by atoms with Gasteiger partial charge in [-0.1, -0.05) is 52.7 Å².